The van der Waals surface area contributed by atoms with E-state index in [0.717, 1.165) is 37.3 Å². The highest BCUT2D eigenvalue weighted by atomic mass is 35.5. The molecule has 1 atom stereocenters. The van der Waals surface area contributed by atoms with Gasteiger partial charge in [-0.15, -0.1) is 11.3 Å². The van der Waals surface area contributed by atoms with Crippen molar-refractivity contribution in [2.24, 2.45) is 0 Å². The average Bonchev–Trinajstić information content (AvgIpc) is 3.20. The summed E-state index contributed by atoms with van der Waals surface area (Å²) < 4.78 is 0.436. The van der Waals surface area contributed by atoms with Gasteiger partial charge in [0.25, 0.3) is 5.91 Å². The number of rotatable bonds is 7. The fraction of sp³-hybridized carbons (Fsp3) is 0.280. The Bertz CT molecular complexity index is 1310. The number of carbonyl (C=O) groups excluding carboxylic acids is 2. The maximum atomic E-state index is 13.3. The fourth-order valence-electron chi connectivity index (χ4n) is 4.10. The van der Waals surface area contributed by atoms with Gasteiger partial charge in [0.15, 0.2) is 5.75 Å². The molecule has 1 aromatic heterocycles. The number of nitro groups is 1. The van der Waals surface area contributed by atoms with Crippen LogP contribution in [0.25, 0.3) is 0 Å². The van der Waals surface area contributed by atoms with Crippen molar-refractivity contribution >= 4 is 46.1 Å². The van der Waals surface area contributed by atoms with E-state index in [9.17, 15) is 24.8 Å². The Kier molecular flexibility index (Phi) is 7.88. The molecule has 3 N–H and O–H groups in total. The van der Waals surface area contributed by atoms with E-state index in [1.807, 2.05) is 18.2 Å². The van der Waals surface area contributed by atoms with Crippen molar-refractivity contribution in [3.8, 4) is 5.75 Å². The molecule has 0 saturated carbocycles. The molecule has 11 heteroatoms. The molecule has 4 rings (SSSR count). The van der Waals surface area contributed by atoms with E-state index in [1.165, 1.54) is 29.3 Å². The molecule has 0 spiro atoms. The lowest BCUT2D eigenvalue weighted by Gasteiger charge is -2.19. The van der Waals surface area contributed by atoms with Crippen molar-refractivity contribution < 1.29 is 19.6 Å². The smallest absolute Gasteiger partial charge is 0.310 e. The Hall–Kier alpha value is -3.47. The number of fused-ring (bicyclic) bond motifs is 1. The van der Waals surface area contributed by atoms with Crippen molar-refractivity contribution in [3.05, 3.63) is 84.5 Å². The summed E-state index contributed by atoms with van der Waals surface area (Å²) in [4.78, 5) is 39.3. The molecule has 2 amide bonds. The van der Waals surface area contributed by atoms with Crippen LogP contribution in [0, 0.1) is 10.1 Å². The average molecular weight is 529 g/mol. The Balaban J connectivity index is 1.57. The molecule has 1 unspecified atom stereocenters. The van der Waals surface area contributed by atoms with Crippen LogP contribution in [0.4, 0.5) is 11.4 Å². The van der Waals surface area contributed by atoms with Gasteiger partial charge < -0.3 is 20.6 Å². The van der Waals surface area contributed by atoms with Gasteiger partial charge in [-0.05, 0) is 66.9 Å². The quantitative estimate of drug-likeness (QED) is 0.314. The number of benzene rings is 2. The second kappa shape index (κ2) is 11.1. The number of nitrogens with one attached hydrogen (secondary N) is 2. The molecule has 0 aliphatic carbocycles. The maximum Gasteiger partial charge on any atom is 0.310 e. The topological polar surface area (TPSA) is 125 Å². The van der Waals surface area contributed by atoms with Gasteiger partial charge in [0.05, 0.1) is 14.1 Å². The number of aromatic hydroxyl groups is 1. The van der Waals surface area contributed by atoms with Gasteiger partial charge >= 0.3 is 5.69 Å². The van der Waals surface area contributed by atoms with Crippen LogP contribution in [0.2, 0.25) is 4.34 Å². The standard InChI is InChI=1S/C25H25ClN4O5S/c1-29-10-8-16-3-4-18(14-17(16)9-11-29)27-24(32)19(28-25(33)22-6-7-23(26)36-22)12-15-2-5-21(31)20(13-15)30(34)35/h2-7,13-14,19,31H,8-12H2,1H3,(H,27,32)(H,28,33). The number of hydrogen-bond acceptors (Lipinski definition) is 7. The van der Waals surface area contributed by atoms with Crippen LogP contribution in [0.1, 0.15) is 26.4 Å². The molecule has 2 aromatic carbocycles. The number of likely N-dealkylation sites (N-methyl/N-ethyl adjacent to an activating group) is 1. The van der Waals surface area contributed by atoms with Crippen LogP contribution in [0.5, 0.6) is 5.75 Å². The Labute approximate surface area is 216 Å². The van der Waals surface area contributed by atoms with E-state index < -0.39 is 34.2 Å². The lowest BCUT2D eigenvalue weighted by molar-refractivity contribution is -0.385. The molecule has 0 radical (unpaired) electrons. The highest BCUT2D eigenvalue weighted by molar-refractivity contribution is 7.18. The normalized spacial score (nSPS) is 14.4. The van der Waals surface area contributed by atoms with Crippen molar-refractivity contribution in [3.63, 3.8) is 0 Å². The monoisotopic (exact) mass is 528 g/mol. The number of carbonyl (C=O) groups is 2. The largest absolute Gasteiger partial charge is 0.502 e. The number of thiophene rings is 1. The number of hydrogen-bond donors (Lipinski definition) is 3. The number of nitro benzene ring substituents is 1. The molecular weight excluding hydrogens is 504 g/mol. The Morgan fingerprint density at radius 3 is 2.58 bits per heavy atom. The van der Waals surface area contributed by atoms with Crippen LogP contribution in [0.15, 0.2) is 48.5 Å². The van der Waals surface area contributed by atoms with E-state index in [4.69, 9.17) is 11.6 Å². The van der Waals surface area contributed by atoms with Gasteiger partial charge in [-0.1, -0.05) is 23.7 Å². The van der Waals surface area contributed by atoms with Crippen LogP contribution >= 0.6 is 22.9 Å². The summed E-state index contributed by atoms with van der Waals surface area (Å²) in [5.74, 6) is -1.42. The zero-order valence-corrected chi connectivity index (χ0v) is 21.1. The first-order chi connectivity index (χ1) is 17.2. The summed E-state index contributed by atoms with van der Waals surface area (Å²) in [5.41, 5.74) is 2.96. The summed E-state index contributed by atoms with van der Waals surface area (Å²) in [6.45, 7) is 1.89. The number of anilines is 1. The maximum absolute atomic E-state index is 13.3. The summed E-state index contributed by atoms with van der Waals surface area (Å²) in [7, 11) is 2.08. The molecule has 0 bridgehead atoms. The van der Waals surface area contributed by atoms with Crippen molar-refractivity contribution in [2.45, 2.75) is 25.3 Å². The first-order valence-corrected chi connectivity index (χ1v) is 12.5. The number of amides is 2. The van der Waals surface area contributed by atoms with Crippen LogP contribution in [0.3, 0.4) is 0 Å². The minimum absolute atomic E-state index is 0.0203. The van der Waals surface area contributed by atoms with E-state index in [0.29, 0.717) is 20.5 Å². The first kappa shape index (κ1) is 25.6. The molecule has 188 valence electrons. The predicted octanol–water partition coefficient (Wildman–Crippen LogP) is 4.03. The summed E-state index contributed by atoms with van der Waals surface area (Å²) in [5, 5.41) is 26.6. The molecule has 0 saturated heterocycles. The van der Waals surface area contributed by atoms with E-state index in [-0.39, 0.29) is 6.42 Å². The molecule has 36 heavy (non-hydrogen) atoms. The number of halogens is 1. The Morgan fingerprint density at radius 1 is 1.14 bits per heavy atom. The van der Waals surface area contributed by atoms with Gasteiger partial charge in [-0.25, -0.2) is 0 Å². The van der Waals surface area contributed by atoms with E-state index >= 15 is 0 Å². The highest BCUT2D eigenvalue weighted by Crippen LogP contribution is 2.27. The molecule has 3 aromatic rings. The van der Waals surface area contributed by atoms with Crippen LogP contribution in [-0.4, -0.2) is 52.9 Å². The number of phenolic OH excluding ortho intramolecular Hbond substituents is 1. The molecule has 9 nitrogen and oxygen atoms in total. The van der Waals surface area contributed by atoms with Crippen LogP contribution < -0.4 is 10.6 Å². The van der Waals surface area contributed by atoms with Crippen molar-refractivity contribution in [1.82, 2.24) is 10.2 Å². The van der Waals surface area contributed by atoms with Gasteiger partial charge in [0.2, 0.25) is 5.91 Å². The minimum atomic E-state index is -1.03. The van der Waals surface area contributed by atoms with Crippen molar-refractivity contribution in [2.75, 3.05) is 25.5 Å². The molecule has 1 aliphatic heterocycles. The third kappa shape index (κ3) is 6.20. The van der Waals surface area contributed by atoms with Gasteiger partial charge in [0, 0.05) is 31.3 Å². The third-order valence-corrected chi connectivity index (χ3v) is 7.32. The number of phenols is 1. The van der Waals surface area contributed by atoms with Gasteiger partial charge in [0.1, 0.15) is 6.04 Å². The Morgan fingerprint density at radius 2 is 1.89 bits per heavy atom. The zero-order chi connectivity index (χ0) is 25.8. The molecule has 2 heterocycles. The summed E-state index contributed by atoms with van der Waals surface area (Å²) in [6.07, 6.45) is 1.78. The summed E-state index contributed by atoms with van der Waals surface area (Å²) in [6, 6.07) is 11.8. The molecular formula is C25H25ClN4O5S. The zero-order valence-electron chi connectivity index (χ0n) is 19.5. The third-order valence-electron chi connectivity index (χ3n) is 6.09. The van der Waals surface area contributed by atoms with Crippen LogP contribution in [-0.2, 0) is 24.1 Å². The van der Waals surface area contributed by atoms with Crippen molar-refractivity contribution in [1.29, 1.82) is 0 Å². The van der Waals surface area contributed by atoms with E-state index in [2.05, 4.69) is 22.6 Å². The van der Waals surface area contributed by atoms with Gasteiger partial charge in [-0.3, -0.25) is 19.7 Å². The SMILES string of the molecule is CN1CCc2ccc(NC(=O)C(Cc3ccc(O)c([N+](=O)[O-])c3)NC(=O)c3ccc(Cl)s3)cc2CC1. The fourth-order valence-corrected chi connectivity index (χ4v) is 5.04. The number of nitrogens with zero attached hydrogens (tertiary/aromatic N) is 2. The van der Waals surface area contributed by atoms with Gasteiger partial charge in [-0.2, -0.15) is 0 Å². The predicted molar refractivity (Wildman–Crippen MR) is 139 cm³/mol. The minimum Gasteiger partial charge on any atom is -0.502 e. The summed E-state index contributed by atoms with van der Waals surface area (Å²) >= 11 is 7.03. The van der Waals surface area contributed by atoms with E-state index in [1.54, 1.807) is 12.1 Å². The highest BCUT2D eigenvalue weighted by Gasteiger charge is 2.25. The first-order valence-electron chi connectivity index (χ1n) is 11.3. The lowest BCUT2D eigenvalue weighted by Crippen LogP contribution is -2.45. The molecule has 0 fully saturated rings. The second-order valence-electron chi connectivity index (χ2n) is 8.69. The molecule has 1 aliphatic rings. The second-order valence-corrected chi connectivity index (χ2v) is 10.4. The lowest BCUT2D eigenvalue weighted by atomic mass is 10.0.